The summed E-state index contributed by atoms with van der Waals surface area (Å²) in [6.45, 7) is 4.52. The number of hydrogen-bond donors (Lipinski definition) is 0. The lowest BCUT2D eigenvalue weighted by atomic mass is 10.1. The van der Waals surface area contributed by atoms with Crippen LogP contribution < -0.4 is 4.74 Å². The van der Waals surface area contributed by atoms with Crippen molar-refractivity contribution < 1.29 is 9.16 Å². The van der Waals surface area contributed by atoms with Crippen molar-refractivity contribution in [2.24, 2.45) is 0 Å². The van der Waals surface area contributed by atoms with Gasteiger partial charge in [-0.3, -0.25) is 0 Å². The van der Waals surface area contributed by atoms with Crippen LogP contribution in [0.25, 0.3) is 0 Å². The Morgan fingerprint density at radius 3 is 2.56 bits per heavy atom. The van der Waals surface area contributed by atoms with E-state index in [1.54, 1.807) is 7.11 Å². The van der Waals surface area contributed by atoms with Crippen LogP contribution in [0, 0.1) is 0 Å². The molecule has 0 aliphatic heterocycles. The lowest BCUT2D eigenvalue weighted by molar-refractivity contribution is 0.402. The lowest BCUT2D eigenvalue weighted by Gasteiger charge is -2.19. The largest absolute Gasteiger partial charge is 0.497 e. The Balaban J connectivity index is 2.42. The van der Waals surface area contributed by atoms with Crippen molar-refractivity contribution in [3.63, 3.8) is 0 Å². The highest BCUT2D eigenvalue weighted by atomic mass is 28.4. The fourth-order valence-electron chi connectivity index (χ4n) is 1.65. The first kappa shape index (κ1) is 13.3. The van der Waals surface area contributed by atoms with Gasteiger partial charge in [0, 0.05) is 7.11 Å². The van der Waals surface area contributed by atoms with Gasteiger partial charge in [-0.1, -0.05) is 12.1 Å². The molecule has 0 N–H and O–H groups in total. The molecule has 2 nitrogen and oxygen atoms in total. The minimum Gasteiger partial charge on any atom is -0.497 e. The van der Waals surface area contributed by atoms with Crippen LogP contribution in [0.2, 0.25) is 19.1 Å². The van der Waals surface area contributed by atoms with Crippen LogP contribution in [0.3, 0.4) is 0 Å². The maximum Gasteiger partial charge on any atom is 0.186 e. The third kappa shape index (κ3) is 4.37. The summed E-state index contributed by atoms with van der Waals surface area (Å²) in [4.78, 5) is 0. The van der Waals surface area contributed by atoms with Gasteiger partial charge in [0.2, 0.25) is 0 Å². The Bertz CT molecular complexity index is 323. The van der Waals surface area contributed by atoms with Crippen molar-refractivity contribution in [1.82, 2.24) is 0 Å². The molecular formula is C13H22O2Si. The van der Waals surface area contributed by atoms with Crippen LogP contribution in [0.1, 0.15) is 12.0 Å². The molecule has 1 rings (SSSR count). The number of rotatable bonds is 6. The maximum atomic E-state index is 5.53. The third-order valence-electron chi connectivity index (χ3n) is 2.93. The smallest absolute Gasteiger partial charge is 0.186 e. The van der Waals surface area contributed by atoms with Crippen molar-refractivity contribution in [3.05, 3.63) is 29.8 Å². The van der Waals surface area contributed by atoms with Gasteiger partial charge in [-0.15, -0.1) is 0 Å². The zero-order valence-corrected chi connectivity index (χ0v) is 11.7. The van der Waals surface area contributed by atoms with E-state index in [0.29, 0.717) is 0 Å². The Hall–Kier alpha value is -0.803. The van der Waals surface area contributed by atoms with E-state index in [4.69, 9.17) is 9.16 Å². The van der Waals surface area contributed by atoms with Gasteiger partial charge in [-0.25, -0.2) is 0 Å². The minimum absolute atomic E-state index is 0.945. The molecule has 0 aliphatic carbocycles. The van der Waals surface area contributed by atoms with E-state index in [-0.39, 0.29) is 0 Å². The highest BCUT2D eigenvalue weighted by molar-refractivity contribution is 6.71. The third-order valence-corrected chi connectivity index (χ3v) is 5.59. The second-order valence-electron chi connectivity index (χ2n) is 4.67. The molecule has 1 aromatic carbocycles. The number of benzene rings is 1. The van der Waals surface area contributed by atoms with Crippen LogP contribution in [-0.4, -0.2) is 22.5 Å². The fourth-order valence-corrected chi connectivity index (χ4v) is 2.88. The number of aryl methyl sites for hydroxylation is 1. The second kappa shape index (κ2) is 6.06. The van der Waals surface area contributed by atoms with Crippen molar-refractivity contribution in [2.45, 2.75) is 32.0 Å². The Morgan fingerprint density at radius 2 is 1.94 bits per heavy atom. The van der Waals surface area contributed by atoms with Gasteiger partial charge in [0.25, 0.3) is 0 Å². The van der Waals surface area contributed by atoms with E-state index < -0.39 is 8.32 Å². The average molecular weight is 238 g/mol. The minimum atomic E-state index is -1.38. The SMILES string of the molecule is COc1cccc(CCC[Si](C)(C)OC)c1. The second-order valence-corrected chi connectivity index (χ2v) is 9.10. The van der Waals surface area contributed by atoms with Gasteiger partial charge < -0.3 is 9.16 Å². The van der Waals surface area contributed by atoms with Crippen molar-refractivity contribution >= 4 is 8.32 Å². The van der Waals surface area contributed by atoms with Crippen LogP contribution in [0.15, 0.2) is 24.3 Å². The van der Waals surface area contributed by atoms with E-state index >= 15 is 0 Å². The van der Waals surface area contributed by atoms with E-state index in [9.17, 15) is 0 Å². The summed E-state index contributed by atoms with van der Waals surface area (Å²) >= 11 is 0. The van der Waals surface area contributed by atoms with Gasteiger partial charge >= 0.3 is 0 Å². The number of methoxy groups -OCH3 is 1. The van der Waals surface area contributed by atoms with Gasteiger partial charge in [0.05, 0.1) is 7.11 Å². The first-order valence-corrected chi connectivity index (χ1v) is 8.87. The molecule has 3 heteroatoms. The lowest BCUT2D eigenvalue weighted by Crippen LogP contribution is -2.28. The van der Waals surface area contributed by atoms with Gasteiger partial charge in [-0.2, -0.15) is 0 Å². The molecule has 0 saturated heterocycles. The summed E-state index contributed by atoms with van der Waals surface area (Å²) in [6.07, 6.45) is 2.30. The first-order valence-electron chi connectivity index (χ1n) is 5.75. The molecule has 90 valence electrons. The van der Waals surface area contributed by atoms with Crippen molar-refractivity contribution in [1.29, 1.82) is 0 Å². The normalized spacial score (nSPS) is 11.5. The van der Waals surface area contributed by atoms with Crippen LogP contribution >= 0.6 is 0 Å². The number of hydrogen-bond acceptors (Lipinski definition) is 2. The molecule has 0 amide bonds. The zero-order valence-electron chi connectivity index (χ0n) is 10.7. The Labute approximate surface area is 99.7 Å². The predicted molar refractivity (Wildman–Crippen MR) is 70.6 cm³/mol. The highest BCUT2D eigenvalue weighted by Crippen LogP contribution is 2.18. The predicted octanol–water partition coefficient (Wildman–Crippen LogP) is 3.48. The number of ether oxygens (including phenoxy) is 1. The molecule has 1 aromatic rings. The Morgan fingerprint density at radius 1 is 1.19 bits per heavy atom. The van der Waals surface area contributed by atoms with Crippen LogP contribution in [0.5, 0.6) is 5.75 Å². The molecule has 0 unspecified atom stereocenters. The average Bonchev–Trinajstić information content (AvgIpc) is 2.29. The zero-order chi connectivity index (χ0) is 12.0. The molecule has 0 saturated carbocycles. The summed E-state index contributed by atoms with van der Waals surface area (Å²) in [5.41, 5.74) is 1.35. The molecule has 0 fully saturated rings. The van der Waals surface area contributed by atoms with E-state index in [1.807, 2.05) is 19.2 Å². The summed E-state index contributed by atoms with van der Waals surface area (Å²) in [7, 11) is 2.16. The quantitative estimate of drug-likeness (QED) is 0.706. The first-order chi connectivity index (χ1) is 7.57. The summed E-state index contributed by atoms with van der Waals surface area (Å²) in [5.74, 6) is 0.945. The molecule has 0 heterocycles. The molecule has 16 heavy (non-hydrogen) atoms. The van der Waals surface area contributed by atoms with E-state index in [2.05, 4.69) is 25.2 Å². The molecule has 0 aliphatic rings. The highest BCUT2D eigenvalue weighted by Gasteiger charge is 2.19. The topological polar surface area (TPSA) is 18.5 Å². The van der Waals surface area contributed by atoms with Crippen LogP contribution in [0.4, 0.5) is 0 Å². The van der Waals surface area contributed by atoms with Crippen LogP contribution in [-0.2, 0) is 10.8 Å². The van der Waals surface area contributed by atoms with Crippen molar-refractivity contribution in [3.8, 4) is 5.75 Å². The monoisotopic (exact) mass is 238 g/mol. The summed E-state index contributed by atoms with van der Waals surface area (Å²) in [5, 5.41) is 0. The maximum absolute atomic E-state index is 5.53. The molecule has 0 bridgehead atoms. The molecule has 0 aromatic heterocycles. The Kier molecular flexibility index (Phi) is 5.02. The molecule has 0 spiro atoms. The van der Waals surface area contributed by atoms with Gasteiger partial charge in [-0.05, 0) is 49.7 Å². The summed E-state index contributed by atoms with van der Waals surface area (Å²) < 4.78 is 10.7. The standard InChI is InChI=1S/C13H22O2Si/c1-14-13-9-5-7-12(11-13)8-6-10-16(3,4)15-2/h5,7,9,11H,6,8,10H2,1-4H3. The van der Waals surface area contributed by atoms with Gasteiger partial charge in [0.15, 0.2) is 8.32 Å². The van der Waals surface area contributed by atoms with E-state index in [1.165, 1.54) is 18.0 Å². The molecular weight excluding hydrogens is 216 g/mol. The molecule has 0 radical (unpaired) electrons. The van der Waals surface area contributed by atoms with Crippen molar-refractivity contribution in [2.75, 3.05) is 14.2 Å². The summed E-state index contributed by atoms with van der Waals surface area (Å²) in [6, 6.07) is 9.51. The van der Waals surface area contributed by atoms with Gasteiger partial charge in [0.1, 0.15) is 5.75 Å². The fraction of sp³-hybridized carbons (Fsp3) is 0.538. The molecule has 0 atom stereocenters. The van der Waals surface area contributed by atoms with E-state index in [0.717, 1.165) is 12.2 Å².